The molecule has 0 atom stereocenters. The molecule has 2 aliphatic carbocycles. The van der Waals surface area contributed by atoms with E-state index in [4.69, 9.17) is 18.6 Å². The molecular weight excluding hydrogens is 395 g/mol. The fourth-order valence-electron chi connectivity index (χ4n) is 1.71. The van der Waals surface area contributed by atoms with Crippen LogP contribution >= 0.6 is 0 Å². The van der Waals surface area contributed by atoms with E-state index in [-0.39, 0.29) is 19.5 Å². The molecule has 0 aliphatic heterocycles. The van der Waals surface area contributed by atoms with Crippen molar-refractivity contribution in [3.63, 3.8) is 0 Å². The Morgan fingerprint density at radius 3 is 0.591 bits per heavy atom. The molecular formula is C16H24ClO4Rh-. The smallest absolute Gasteiger partial charge is 0 e. The second-order valence-corrected chi connectivity index (χ2v) is 5.33. The van der Waals surface area contributed by atoms with Crippen molar-refractivity contribution in [1.82, 2.24) is 0 Å². The van der Waals surface area contributed by atoms with Gasteiger partial charge in [0, 0.05) is 19.5 Å². The first-order valence-electron chi connectivity index (χ1n) is 7.22. The molecule has 0 spiro atoms. The average Bonchev–Trinajstić information content (AvgIpc) is 2.24. The van der Waals surface area contributed by atoms with Gasteiger partial charge in [0.1, 0.15) is 0 Å². The molecule has 6 heteroatoms. The van der Waals surface area contributed by atoms with Gasteiger partial charge in [0.2, 0.25) is 0 Å². The van der Waals surface area contributed by atoms with Crippen LogP contribution in [0, 0.1) is 10.2 Å². The van der Waals surface area contributed by atoms with Crippen LogP contribution in [0.1, 0.15) is 51.4 Å². The SMILES string of the molecule is C1=CCC/C=C\CC1.C1=CCC/C=C\CC1.[O-][Cl+3]([O-])([O-])[O-].[Rh]. The predicted octanol–water partition coefficient (Wildman–Crippen LogP) is 0.587. The Balaban J connectivity index is 0. The summed E-state index contributed by atoms with van der Waals surface area (Å²) >= 11 is 0. The van der Waals surface area contributed by atoms with Crippen molar-refractivity contribution >= 4 is 0 Å². The summed E-state index contributed by atoms with van der Waals surface area (Å²) in [6.07, 6.45) is 28.0. The third-order valence-corrected chi connectivity index (χ3v) is 2.67. The standard InChI is InChI=1S/2C8H12.ClHO4.Rh/c2*1-2-4-6-8-7-5-3-1;2-1(3,4)5;/h2*1-2,7-8H,3-6H2;(H,2,3,4,5);/p-1/b2*2-1-,8-7?;;. The monoisotopic (exact) mass is 418 g/mol. The second kappa shape index (κ2) is 17.1. The Bertz CT molecular complexity index is 261. The van der Waals surface area contributed by atoms with Crippen molar-refractivity contribution in [2.45, 2.75) is 51.4 Å². The topological polar surface area (TPSA) is 92.2 Å². The molecule has 0 saturated heterocycles. The first-order valence-corrected chi connectivity index (χ1v) is 8.45. The number of halogens is 1. The molecule has 0 N–H and O–H groups in total. The van der Waals surface area contributed by atoms with Gasteiger partial charge in [-0.3, -0.25) is 0 Å². The van der Waals surface area contributed by atoms with Gasteiger partial charge in [-0.15, -0.1) is 10.2 Å². The zero-order chi connectivity index (χ0) is 15.8. The maximum absolute atomic E-state index is 8.49. The van der Waals surface area contributed by atoms with Gasteiger partial charge >= 0.3 is 0 Å². The van der Waals surface area contributed by atoms with E-state index in [9.17, 15) is 0 Å². The summed E-state index contributed by atoms with van der Waals surface area (Å²) in [5.41, 5.74) is 0. The van der Waals surface area contributed by atoms with Crippen molar-refractivity contribution in [2.75, 3.05) is 0 Å². The van der Waals surface area contributed by atoms with Gasteiger partial charge < -0.3 is 0 Å². The van der Waals surface area contributed by atoms with Crippen LogP contribution in [0.4, 0.5) is 0 Å². The van der Waals surface area contributed by atoms with E-state index in [0.717, 1.165) is 0 Å². The fraction of sp³-hybridized carbons (Fsp3) is 0.500. The van der Waals surface area contributed by atoms with Crippen molar-refractivity contribution in [3.05, 3.63) is 48.6 Å². The molecule has 0 aromatic carbocycles. The maximum Gasteiger partial charge on any atom is 0 e. The van der Waals surface area contributed by atoms with Crippen LogP contribution in [0.3, 0.4) is 0 Å². The number of rotatable bonds is 0. The maximum atomic E-state index is 8.49. The molecule has 0 aromatic rings. The van der Waals surface area contributed by atoms with Crippen LogP contribution in [0.5, 0.6) is 0 Å². The van der Waals surface area contributed by atoms with Crippen LogP contribution in [-0.2, 0) is 19.5 Å². The number of hydrogen-bond donors (Lipinski definition) is 0. The Kier molecular flexibility index (Phi) is 18.6. The largest absolute Gasteiger partial charge is 0.222 e. The Labute approximate surface area is 148 Å². The van der Waals surface area contributed by atoms with Crippen LogP contribution in [0.2, 0.25) is 0 Å². The molecule has 0 fully saturated rings. The summed E-state index contributed by atoms with van der Waals surface area (Å²) in [5, 5.41) is 0. The molecule has 2 aliphatic rings. The normalized spacial score (nSPS) is 20.2. The fourth-order valence-corrected chi connectivity index (χ4v) is 1.71. The summed E-state index contributed by atoms with van der Waals surface area (Å²) < 4.78 is 34.0. The average molecular weight is 419 g/mol. The molecule has 0 saturated carbocycles. The van der Waals surface area contributed by atoms with Crippen molar-refractivity contribution in [1.29, 1.82) is 0 Å². The Morgan fingerprint density at radius 1 is 0.409 bits per heavy atom. The minimum Gasteiger partial charge on any atom is -0.222 e. The van der Waals surface area contributed by atoms with Crippen molar-refractivity contribution in [2.24, 2.45) is 0 Å². The zero-order valence-electron chi connectivity index (χ0n) is 12.6. The van der Waals surface area contributed by atoms with Gasteiger partial charge in [-0.25, -0.2) is 18.6 Å². The van der Waals surface area contributed by atoms with Crippen molar-refractivity contribution in [3.8, 4) is 0 Å². The quantitative estimate of drug-likeness (QED) is 0.425. The van der Waals surface area contributed by atoms with E-state index < -0.39 is 10.2 Å². The zero-order valence-corrected chi connectivity index (χ0v) is 15.0. The third kappa shape index (κ3) is 28.0. The molecule has 0 unspecified atom stereocenters. The minimum absolute atomic E-state index is 0. The van der Waals surface area contributed by atoms with E-state index in [0.29, 0.717) is 0 Å². The van der Waals surface area contributed by atoms with E-state index in [1.165, 1.54) is 51.4 Å². The van der Waals surface area contributed by atoms with E-state index in [2.05, 4.69) is 48.6 Å². The third-order valence-electron chi connectivity index (χ3n) is 2.67. The second-order valence-electron chi connectivity index (χ2n) is 4.57. The van der Waals surface area contributed by atoms with Crippen LogP contribution in [0.25, 0.3) is 0 Å². The van der Waals surface area contributed by atoms with Crippen molar-refractivity contribution < 1.29 is 48.4 Å². The molecule has 2 rings (SSSR count). The summed E-state index contributed by atoms with van der Waals surface area (Å²) in [7, 11) is -4.94. The van der Waals surface area contributed by atoms with Gasteiger partial charge in [0.25, 0.3) is 0 Å². The van der Waals surface area contributed by atoms with Gasteiger partial charge in [-0.2, -0.15) is 0 Å². The van der Waals surface area contributed by atoms with E-state index in [1.54, 1.807) is 0 Å². The van der Waals surface area contributed by atoms with E-state index >= 15 is 0 Å². The molecule has 0 heterocycles. The first kappa shape index (κ1) is 24.0. The predicted molar refractivity (Wildman–Crippen MR) is 73.5 cm³/mol. The molecule has 0 amide bonds. The Morgan fingerprint density at radius 2 is 0.500 bits per heavy atom. The minimum atomic E-state index is -4.94. The molecule has 0 aromatic heterocycles. The van der Waals surface area contributed by atoms with Crippen LogP contribution < -0.4 is 18.6 Å². The van der Waals surface area contributed by atoms with Gasteiger partial charge in [-0.05, 0) is 51.4 Å². The van der Waals surface area contributed by atoms with Crippen LogP contribution in [-0.4, -0.2) is 0 Å². The van der Waals surface area contributed by atoms with E-state index in [1.807, 2.05) is 0 Å². The first-order chi connectivity index (χ1) is 10.0. The van der Waals surface area contributed by atoms with Gasteiger partial charge in [0.15, 0.2) is 0 Å². The number of allylic oxidation sites excluding steroid dienone is 8. The van der Waals surface area contributed by atoms with Crippen LogP contribution in [0.15, 0.2) is 48.6 Å². The van der Waals surface area contributed by atoms with Gasteiger partial charge in [-0.1, -0.05) is 48.6 Å². The van der Waals surface area contributed by atoms with Gasteiger partial charge in [0.05, 0.1) is 0 Å². The number of hydrogen-bond acceptors (Lipinski definition) is 4. The summed E-state index contributed by atoms with van der Waals surface area (Å²) in [5.74, 6) is 0. The molecule has 22 heavy (non-hydrogen) atoms. The summed E-state index contributed by atoms with van der Waals surface area (Å²) in [6.45, 7) is 0. The summed E-state index contributed by atoms with van der Waals surface area (Å²) in [4.78, 5) is 0. The molecule has 0 bridgehead atoms. The molecule has 4 nitrogen and oxygen atoms in total. The molecule has 129 valence electrons. The summed E-state index contributed by atoms with van der Waals surface area (Å²) in [6, 6.07) is 0. The Hall–Kier alpha value is -0.287. The molecule has 1 radical (unpaired) electrons.